The summed E-state index contributed by atoms with van der Waals surface area (Å²) in [6.07, 6.45) is 0. The van der Waals surface area contributed by atoms with E-state index in [-0.39, 0.29) is 0 Å². The number of ether oxygens (including phenoxy) is 1. The van der Waals surface area contributed by atoms with Crippen LogP contribution in [-0.2, 0) is 0 Å². The van der Waals surface area contributed by atoms with Crippen LogP contribution in [0.2, 0.25) is 0 Å². The number of rotatable bonds is 2. The summed E-state index contributed by atoms with van der Waals surface area (Å²) in [5.41, 5.74) is 0. The van der Waals surface area contributed by atoms with Gasteiger partial charge in [0.25, 0.3) is 0 Å². The predicted molar refractivity (Wildman–Crippen MR) is 59.4 cm³/mol. The Morgan fingerprint density at radius 2 is 1.79 bits per heavy atom. The molecule has 0 saturated carbocycles. The van der Waals surface area contributed by atoms with Crippen molar-refractivity contribution in [1.82, 2.24) is 0 Å². The van der Waals surface area contributed by atoms with Gasteiger partial charge in [0.1, 0.15) is 5.75 Å². The monoisotopic (exact) mass is 184 g/mol. The van der Waals surface area contributed by atoms with Crippen molar-refractivity contribution < 1.29 is 4.74 Å². The molecule has 0 radical (unpaired) electrons. The van der Waals surface area contributed by atoms with Gasteiger partial charge < -0.3 is 4.74 Å². The Bertz CT molecular complexity index is 471. The zero-order chi connectivity index (χ0) is 9.97. The maximum absolute atomic E-state index is 5.43. The molecule has 0 amide bonds. The highest BCUT2D eigenvalue weighted by atomic mass is 16.5. The number of hydrogen-bond donors (Lipinski definition) is 0. The van der Waals surface area contributed by atoms with Gasteiger partial charge in [-0.15, -0.1) is 0 Å². The van der Waals surface area contributed by atoms with Gasteiger partial charge in [-0.2, -0.15) is 0 Å². The molecule has 0 aliphatic rings. The molecule has 2 rings (SSSR count). The maximum atomic E-state index is 5.43. The molecular formula is C13H12O. The molecule has 0 unspecified atom stereocenters. The van der Waals surface area contributed by atoms with Gasteiger partial charge >= 0.3 is 0 Å². The molecule has 70 valence electrons. The first-order valence-corrected chi connectivity index (χ1v) is 4.58. The highest BCUT2D eigenvalue weighted by Crippen LogP contribution is 2.21. The predicted octanol–water partition coefficient (Wildman–Crippen LogP) is 3.75. The smallest absolute Gasteiger partial charge is 0.127 e. The Balaban J connectivity index is 2.46. The van der Waals surface area contributed by atoms with E-state index in [1.54, 1.807) is 0 Å². The topological polar surface area (TPSA) is 9.23 Å². The minimum Gasteiger partial charge on any atom is -0.463 e. The average molecular weight is 184 g/mol. The van der Waals surface area contributed by atoms with Crippen molar-refractivity contribution in [2.75, 3.05) is 0 Å². The molecular weight excluding hydrogens is 172 g/mol. The van der Waals surface area contributed by atoms with Crippen LogP contribution in [0.3, 0.4) is 0 Å². The zero-order valence-corrected chi connectivity index (χ0v) is 8.16. The van der Waals surface area contributed by atoms with Gasteiger partial charge in [0, 0.05) is 0 Å². The van der Waals surface area contributed by atoms with Crippen LogP contribution in [-0.4, -0.2) is 0 Å². The molecule has 0 aromatic heterocycles. The fourth-order valence-corrected chi connectivity index (χ4v) is 1.43. The van der Waals surface area contributed by atoms with E-state index in [4.69, 9.17) is 4.74 Å². The number of hydrogen-bond acceptors (Lipinski definition) is 1. The fourth-order valence-electron chi connectivity index (χ4n) is 1.43. The van der Waals surface area contributed by atoms with E-state index in [0.717, 1.165) is 5.75 Å². The van der Waals surface area contributed by atoms with Crippen LogP contribution in [0.4, 0.5) is 0 Å². The second-order valence-electron chi connectivity index (χ2n) is 3.31. The Morgan fingerprint density at radius 1 is 1.07 bits per heavy atom. The largest absolute Gasteiger partial charge is 0.463 e. The Hall–Kier alpha value is -1.76. The van der Waals surface area contributed by atoms with Crippen molar-refractivity contribution in [2.24, 2.45) is 0 Å². The van der Waals surface area contributed by atoms with Crippen molar-refractivity contribution in [3.8, 4) is 5.75 Å². The van der Waals surface area contributed by atoms with Crippen LogP contribution in [0.5, 0.6) is 5.75 Å². The lowest BCUT2D eigenvalue weighted by Crippen LogP contribution is -1.87. The van der Waals surface area contributed by atoms with Gasteiger partial charge in [-0.3, -0.25) is 0 Å². The normalized spacial score (nSPS) is 10.1. The number of fused-ring (bicyclic) bond motifs is 1. The van der Waals surface area contributed by atoms with Crippen molar-refractivity contribution in [2.45, 2.75) is 6.92 Å². The minimum absolute atomic E-state index is 0.709. The van der Waals surface area contributed by atoms with E-state index < -0.39 is 0 Å². The summed E-state index contributed by atoms with van der Waals surface area (Å²) in [4.78, 5) is 0. The summed E-state index contributed by atoms with van der Waals surface area (Å²) >= 11 is 0. The maximum Gasteiger partial charge on any atom is 0.127 e. The molecule has 0 bridgehead atoms. The molecule has 0 saturated heterocycles. The molecule has 0 fully saturated rings. The van der Waals surface area contributed by atoms with E-state index in [0.29, 0.717) is 5.76 Å². The van der Waals surface area contributed by atoms with Crippen LogP contribution >= 0.6 is 0 Å². The van der Waals surface area contributed by atoms with E-state index >= 15 is 0 Å². The first kappa shape index (κ1) is 8.82. The van der Waals surface area contributed by atoms with Crippen molar-refractivity contribution in [3.05, 3.63) is 54.8 Å². The van der Waals surface area contributed by atoms with Crippen LogP contribution in [0, 0.1) is 0 Å². The highest BCUT2D eigenvalue weighted by molar-refractivity contribution is 5.83. The number of allylic oxidation sites excluding steroid dienone is 1. The molecule has 14 heavy (non-hydrogen) atoms. The van der Waals surface area contributed by atoms with Crippen molar-refractivity contribution in [1.29, 1.82) is 0 Å². The van der Waals surface area contributed by atoms with Gasteiger partial charge in [-0.25, -0.2) is 0 Å². The van der Waals surface area contributed by atoms with Crippen LogP contribution in [0.1, 0.15) is 6.92 Å². The standard InChI is InChI=1S/C13H12O/c1-10(2)14-13-8-7-11-5-3-4-6-12(11)9-13/h3-9H,1H2,2H3. The summed E-state index contributed by atoms with van der Waals surface area (Å²) in [5.74, 6) is 1.55. The average Bonchev–Trinajstić information content (AvgIpc) is 2.17. The second kappa shape index (κ2) is 3.54. The van der Waals surface area contributed by atoms with Crippen LogP contribution in [0.15, 0.2) is 54.8 Å². The Morgan fingerprint density at radius 3 is 2.50 bits per heavy atom. The third kappa shape index (κ3) is 1.77. The summed E-state index contributed by atoms with van der Waals surface area (Å²) in [5, 5.41) is 2.41. The summed E-state index contributed by atoms with van der Waals surface area (Å²) in [7, 11) is 0. The second-order valence-corrected chi connectivity index (χ2v) is 3.31. The van der Waals surface area contributed by atoms with E-state index in [9.17, 15) is 0 Å². The Kier molecular flexibility index (Phi) is 2.23. The summed E-state index contributed by atoms with van der Waals surface area (Å²) in [6, 6.07) is 14.2. The summed E-state index contributed by atoms with van der Waals surface area (Å²) < 4.78 is 5.43. The molecule has 1 nitrogen and oxygen atoms in total. The minimum atomic E-state index is 0.709. The molecule has 2 aromatic carbocycles. The highest BCUT2D eigenvalue weighted by Gasteiger charge is 1.96. The quantitative estimate of drug-likeness (QED) is 0.646. The Labute approximate surface area is 83.6 Å². The molecule has 0 spiro atoms. The molecule has 0 aliphatic heterocycles. The fraction of sp³-hybridized carbons (Fsp3) is 0.0769. The lowest BCUT2D eigenvalue weighted by molar-refractivity contribution is 0.431. The van der Waals surface area contributed by atoms with E-state index in [1.165, 1.54) is 10.8 Å². The van der Waals surface area contributed by atoms with Crippen molar-refractivity contribution in [3.63, 3.8) is 0 Å². The van der Waals surface area contributed by atoms with Gasteiger partial charge in [0.15, 0.2) is 0 Å². The first-order valence-electron chi connectivity index (χ1n) is 4.58. The lowest BCUT2D eigenvalue weighted by Gasteiger charge is -2.05. The van der Waals surface area contributed by atoms with Gasteiger partial charge in [-0.05, 0) is 29.8 Å². The molecule has 0 atom stereocenters. The lowest BCUT2D eigenvalue weighted by atomic mass is 10.1. The van der Waals surface area contributed by atoms with Gasteiger partial charge in [-0.1, -0.05) is 36.9 Å². The van der Waals surface area contributed by atoms with Crippen LogP contribution < -0.4 is 4.74 Å². The van der Waals surface area contributed by atoms with Crippen molar-refractivity contribution >= 4 is 10.8 Å². The SMILES string of the molecule is C=C(C)Oc1ccc2ccccc2c1. The molecule has 1 heteroatoms. The third-order valence-corrected chi connectivity index (χ3v) is 2.01. The zero-order valence-electron chi connectivity index (χ0n) is 8.16. The van der Waals surface area contributed by atoms with Gasteiger partial charge in [0.05, 0.1) is 5.76 Å². The third-order valence-electron chi connectivity index (χ3n) is 2.01. The molecule has 0 aliphatic carbocycles. The number of benzene rings is 2. The van der Waals surface area contributed by atoms with E-state index in [1.807, 2.05) is 37.3 Å². The first-order chi connectivity index (χ1) is 6.75. The molecule has 2 aromatic rings. The summed E-state index contributed by atoms with van der Waals surface area (Å²) in [6.45, 7) is 5.55. The van der Waals surface area contributed by atoms with Gasteiger partial charge in [0.2, 0.25) is 0 Å². The molecule has 0 heterocycles. The molecule has 0 N–H and O–H groups in total. The van der Waals surface area contributed by atoms with Crippen LogP contribution in [0.25, 0.3) is 10.8 Å². The van der Waals surface area contributed by atoms with E-state index in [2.05, 4.69) is 18.7 Å².